The molecule has 4 nitrogen and oxygen atoms in total. The van der Waals surface area contributed by atoms with Crippen LogP contribution in [0.2, 0.25) is 5.02 Å². The van der Waals surface area contributed by atoms with Crippen LogP contribution in [0.25, 0.3) is 0 Å². The average Bonchev–Trinajstić information content (AvgIpc) is 2.50. The molecule has 0 aliphatic carbocycles. The zero-order chi connectivity index (χ0) is 15.2. The molecule has 0 saturated heterocycles. The van der Waals surface area contributed by atoms with Crippen LogP contribution in [0.15, 0.2) is 24.8 Å². The largest absolute Gasteiger partial charge is 0.486 e. The van der Waals surface area contributed by atoms with Crippen LogP contribution in [0.3, 0.4) is 0 Å². The summed E-state index contributed by atoms with van der Waals surface area (Å²) in [5.41, 5.74) is 1.01. The molecule has 6 heteroatoms. The Labute approximate surface area is 133 Å². The Morgan fingerprint density at radius 2 is 2.29 bits per heavy atom. The third-order valence-electron chi connectivity index (χ3n) is 2.95. The summed E-state index contributed by atoms with van der Waals surface area (Å²) in [7, 11) is 0. The first-order valence-electron chi connectivity index (χ1n) is 6.70. The molecule has 0 radical (unpaired) electrons. The van der Waals surface area contributed by atoms with E-state index in [9.17, 15) is 4.79 Å². The maximum atomic E-state index is 11.8. The van der Waals surface area contributed by atoms with Crippen molar-refractivity contribution in [3.63, 3.8) is 0 Å². The molecule has 0 aromatic heterocycles. The number of nitrogens with one attached hydrogen (secondary N) is 1. The maximum absolute atomic E-state index is 11.8. The van der Waals surface area contributed by atoms with Gasteiger partial charge in [0.05, 0.1) is 10.3 Å². The van der Waals surface area contributed by atoms with Crippen molar-refractivity contribution < 1.29 is 14.3 Å². The Morgan fingerprint density at radius 3 is 3.05 bits per heavy atom. The molecule has 0 spiro atoms. The second-order valence-electron chi connectivity index (χ2n) is 4.59. The molecule has 1 atom stereocenters. The highest BCUT2D eigenvalue weighted by Crippen LogP contribution is 2.39. The molecule has 1 N–H and O–H groups in total. The van der Waals surface area contributed by atoms with Crippen LogP contribution in [0.4, 0.5) is 0 Å². The van der Waals surface area contributed by atoms with Gasteiger partial charge in [-0.25, -0.2) is 0 Å². The van der Waals surface area contributed by atoms with Crippen molar-refractivity contribution in [2.45, 2.75) is 17.9 Å². The number of hydrogen-bond donors (Lipinski definition) is 1. The molecule has 1 unspecified atom stereocenters. The average molecular weight is 328 g/mol. The van der Waals surface area contributed by atoms with Crippen molar-refractivity contribution in [3.8, 4) is 11.5 Å². The third-order valence-corrected chi connectivity index (χ3v) is 4.44. The zero-order valence-electron chi connectivity index (χ0n) is 11.9. The highest BCUT2D eigenvalue weighted by atomic mass is 35.5. The molecule has 0 saturated carbocycles. The third kappa shape index (κ3) is 4.32. The van der Waals surface area contributed by atoms with E-state index in [-0.39, 0.29) is 11.2 Å². The number of rotatable bonds is 6. The minimum Gasteiger partial charge on any atom is -0.486 e. The van der Waals surface area contributed by atoms with E-state index >= 15 is 0 Å². The predicted octanol–water partition coefficient (Wildman–Crippen LogP) is 3.04. The number of benzene rings is 1. The van der Waals surface area contributed by atoms with Crippen LogP contribution in [0, 0.1) is 0 Å². The van der Waals surface area contributed by atoms with Crippen molar-refractivity contribution in [2.75, 3.05) is 19.8 Å². The Morgan fingerprint density at radius 1 is 1.52 bits per heavy atom. The Hall–Kier alpha value is -1.33. The number of amides is 1. The van der Waals surface area contributed by atoms with Crippen molar-refractivity contribution in [2.24, 2.45) is 0 Å². The smallest absolute Gasteiger partial charge is 0.233 e. The highest BCUT2D eigenvalue weighted by Gasteiger charge is 2.18. The van der Waals surface area contributed by atoms with Crippen molar-refractivity contribution >= 4 is 29.3 Å². The van der Waals surface area contributed by atoms with E-state index in [1.807, 2.05) is 19.1 Å². The van der Waals surface area contributed by atoms with Crippen LogP contribution in [-0.2, 0) is 10.5 Å². The summed E-state index contributed by atoms with van der Waals surface area (Å²) in [5, 5.41) is 3.19. The van der Waals surface area contributed by atoms with Crippen molar-refractivity contribution in [1.29, 1.82) is 0 Å². The van der Waals surface area contributed by atoms with E-state index < -0.39 is 0 Å². The number of thioether (sulfide) groups is 1. The molecule has 1 aliphatic rings. The lowest BCUT2D eigenvalue weighted by Crippen LogP contribution is -2.30. The fourth-order valence-corrected chi connectivity index (χ4v) is 2.99. The van der Waals surface area contributed by atoms with E-state index in [0.29, 0.717) is 42.0 Å². The minimum absolute atomic E-state index is 0.00328. The van der Waals surface area contributed by atoms with Gasteiger partial charge in [-0.1, -0.05) is 17.7 Å². The van der Waals surface area contributed by atoms with Crippen LogP contribution in [0.1, 0.15) is 12.5 Å². The fourth-order valence-electron chi connectivity index (χ4n) is 1.86. The second-order valence-corrected chi connectivity index (χ2v) is 6.33. The van der Waals surface area contributed by atoms with E-state index in [1.54, 1.807) is 17.8 Å². The summed E-state index contributed by atoms with van der Waals surface area (Å²) < 4.78 is 11.0. The lowest BCUT2D eigenvalue weighted by atomic mass is 10.2. The van der Waals surface area contributed by atoms with E-state index in [0.717, 1.165) is 5.56 Å². The first kappa shape index (κ1) is 16.0. The zero-order valence-corrected chi connectivity index (χ0v) is 13.4. The summed E-state index contributed by atoms with van der Waals surface area (Å²) in [6.07, 6.45) is 1.66. The molecule has 1 aromatic carbocycles. The summed E-state index contributed by atoms with van der Waals surface area (Å²) >= 11 is 7.74. The van der Waals surface area contributed by atoms with Crippen molar-refractivity contribution in [3.05, 3.63) is 35.4 Å². The topological polar surface area (TPSA) is 47.6 Å². The van der Waals surface area contributed by atoms with Gasteiger partial charge in [-0.2, -0.15) is 0 Å². The van der Waals surface area contributed by atoms with Gasteiger partial charge in [0.15, 0.2) is 11.5 Å². The number of ether oxygens (including phenoxy) is 2. The molecule has 2 rings (SSSR count). The molecule has 1 aromatic rings. The summed E-state index contributed by atoms with van der Waals surface area (Å²) in [5.74, 6) is 1.96. The molecular weight excluding hydrogens is 310 g/mol. The molecular formula is C15H18ClNO3S. The molecule has 114 valence electrons. The lowest BCUT2D eigenvalue weighted by molar-refractivity contribution is -0.120. The van der Waals surface area contributed by atoms with Gasteiger partial charge >= 0.3 is 0 Å². The molecule has 0 bridgehead atoms. The standard InChI is InChI=1S/C15H18ClNO3S/c1-3-4-17-15(18)10(2)21-9-11-7-12(16)14-13(8-11)19-5-6-20-14/h3,7-8,10H,1,4-6,9H2,2H3,(H,17,18). The van der Waals surface area contributed by atoms with Crippen LogP contribution in [0.5, 0.6) is 11.5 Å². The van der Waals surface area contributed by atoms with Gasteiger partial charge in [0, 0.05) is 12.3 Å². The number of carbonyl (C=O) groups excluding carboxylic acids is 1. The van der Waals surface area contributed by atoms with E-state index in [4.69, 9.17) is 21.1 Å². The van der Waals surface area contributed by atoms with Gasteiger partial charge in [0.1, 0.15) is 13.2 Å². The molecule has 1 amide bonds. The van der Waals surface area contributed by atoms with Crippen LogP contribution in [-0.4, -0.2) is 30.9 Å². The quantitative estimate of drug-likeness (QED) is 0.816. The van der Waals surface area contributed by atoms with Gasteiger partial charge in [-0.15, -0.1) is 18.3 Å². The number of halogens is 1. The first-order valence-corrected chi connectivity index (χ1v) is 8.12. The summed E-state index contributed by atoms with van der Waals surface area (Å²) in [6, 6.07) is 3.78. The maximum Gasteiger partial charge on any atom is 0.233 e. The van der Waals surface area contributed by atoms with Gasteiger partial charge in [0.25, 0.3) is 0 Å². The number of hydrogen-bond acceptors (Lipinski definition) is 4. The van der Waals surface area contributed by atoms with Gasteiger partial charge < -0.3 is 14.8 Å². The molecule has 21 heavy (non-hydrogen) atoms. The second kappa shape index (κ2) is 7.61. The Kier molecular flexibility index (Phi) is 5.82. The Balaban J connectivity index is 1.95. The predicted molar refractivity (Wildman–Crippen MR) is 86.4 cm³/mol. The monoisotopic (exact) mass is 327 g/mol. The molecule has 0 fully saturated rings. The van der Waals surface area contributed by atoms with Crippen LogP contribution >= 0.6 is 23.4 Å². The van der Waals surface area contributed by atoms with E-state index in [2.05, 4.69) is 11.9 Å². The minimum atomic E-state index is -0.142. The first-order chi connectivity index (χ1) is 10.1. The number of fused-ring (bicyclic) bond motifs is 1. The van der Waals surface area contributed by atoms with Gasteiger partial charge in [-0.3, -0.25) is 4.79 Å². The van der Waals surface area contributed by atoms with Crippen molar-refractivity contribution in [1.82, 2.24) is 5.32 Å². The van der Waals surface area contributed by atoms with Crippen LogP contribution < -0.4 is 14.8 Å². The van der Waals surface area contributed by atoms with Gasteiger partial charge in [-0.05, 0) is 24.6 Å². The SMILES string of the molecule is C=CCNC(=O)C(C)SCc1cc(Cl)c2c(c1)OCCO2. The fraction of sp³-hybridized carbons (Fsp3) is 0.400. The molecule has 1 aliphatic heterocycles. The van der Waals surface area contributed by atoms with E-state index in [1.165, 1.54) is 0 Å². The normalized spacial score (nSPS) is 14.4. The highest BCUT2D eigenvalue weighted by molar-refractivity contribution is 7.99. The summed E-state index contributed by atoms with van der Waals surface area (Å²) in [6.45, 7) is 6.98. The Bertz CT molecular complexity index is 536. The number of carbonyl (C=O) groups is 1. The summed E-state index contributed by atoms with van der Waals surface area (Å²) in [4.78, 5) is 11.8. The van der Waals surface area contributed by atoms with Gasteiger partial charge in [0.2, 0.25) is 5.91 Å². The molecule has 1 heterocycles. The lowest BCUT2D eigenvalue weighted by Gasteiger charge is -2.20.